The van der Waals surface area contributed by atoms with E-state index in [1.165, 1.54) is 5.56 Å². The zero-order chi connectivity index (χ0) is 15.8. The summed E-state index contributed by atoms with van der Waals surface area (Å²) in [5, 5.41) is 7.79. The van der Waals surface area contributed by atoms with Crippen LogP contribution in [0.1, 0.15) is 38.3 Å². The van der Waals surface area contributed by atoms with Gasteiger partial charge in [0.05, 0.1) is 5.69 Å². The summed E-state index contributed by atoms with van der Waals surface area (Å²) in [6.07, 6.45) is 1.13. The third-order valence-corrected chi connectivity index (χ3v) is 4.02. The van der Waals surface area contributed by atoms with E-state index in [9.17, 15) is 0 Å². The Morgan fingerprint density at radius 1 is 1.10 bits per heavy atom. The Labute approximate surface area is 129 Å². The van der Waals surface area contributed by atoms with E-state index < -0.39 is 0 Å². The molecule has 0 aliphatic heterocycles. The Hall–Kier alpha value is -1.55. The number of nitrogens with two attached hydrogens (primary N) is 1. The van der Waals surface area contributed by atoms with Crippen molar-refractivity contribution >= 4 is 11.5 Å². The van der Waals surface area contributed by atoms with Crippen molar-refractivity contribution in [3.8, 4) is 0 Å². The van der Waals surface area contributed by atoms with Gasteiger partial charge in [-0.15, -0.1) is 0 Å². The van der Waals surface area contributed by atoms with Gasteiger partial charge in [0, 0.05) is 18.7 Å². The number of anilines is 1. The van der Waals surface area contributed by atoms with E-state index in [0.29, 0.717) is 0 Å². The number of benzene rings is 1. The zero-order valence-corrected chi connectivity index (χ0v) is 13.9. The molecule has 4 heteroatoms. The number of para-hydroxylation sites is 1. The highest BCUT2D eigenvalue weighted by molar-refractivity contribution is 6.01. The second kappa shape index (κ2) is 8.67. The van der Waals surface area contributed by atoms with Gasteiger partial charge in [-0.2, -0.15) is 0 Å². The Balaban J connectivity index is 2.83. The van der Waals surface area contributed by atoms with Gasteiger partial charge in [-0.1, -0.05) is 26.0 Å². The Morgan fingerprint density at radius 3 is 2.29 bits per heavy atom. The minimum Gasteiger partial charge on any atom is -0.384 e. The van der Waals surface area contributed by atoms with Gasteiger partial charge in [0.15, 0.2) is 0 Å². The lowest BCUT2D eigenvalue weighted by Crippen LogP contribution is -2.31. The first-order valence-electron chi connectivity index (χ1n) is 7.96. The second-order valence-electron chi connectivity index (χ2n) is 5.34. The summed E-state index contributed by atoms with van der Waals surface area (Å²) in [6.45, 7) is 13.9. The van der Waals surface area contributed by atoms with Gasteiger partial charge in [0.25, 0.3) is 0 Å². The SMILES string of the molecule is CCN(CC)CCCN(CC)c1c(C)cccc1C(=N)N. The van der Waals surface area contributed by atoms with Crippen molar-refractivity contribution in [2.75, 3.05) is 37.6 Å². The summed E-state index contributed by atoms with van der Waals surface area (Å²) in [6, 6.07) is 6.01. The van der Waals surface area contributed by atoms with Gasteiger partial charge >= 0.3 is 0 Å². The number of aryl methyl sites for hydroxylation is 1. The average molecular weight is 290 g/mol. The van der Waals surface area contributed by atoms with Crippen LogP contribution in [-0.4, -0.2) is 43.5 Å². The third kappa shape index (κ3) is 4.74. The molecule has 0 bridgehead atoms. The highest BCUT2D eigenvalue weighted by atomic mass is 15.1. The molecule has 0 aromatic heterocycles. The van der Waals surface area contributed by atoms with Crippen LogP contribution in [0.3, 0.4) is 0 Å². The largest absolute Gasteiger partial charge is 0.384 e. The van der Waals surface area contributed by atoms with Gasteiger partial charge in [0.2, 0.25) is 0 Å². The smallest absolute Gasteiger partial charge is 0.124 e. The quantitative estimate of drug-likeness (QED) is 0.543. The van der Waals surface area contributed by atoms with E-state index >= 15 is 0 Å². The number of hydrogen-bond acceptors (Lipinski definition) is 3. The van der Waals surface area contributed by atoms with Crippen molar-refractivity contribution < 1.29 is 0 Å². The number of amidine groups is 1. The summed E-state index contributed by atoms with van der Waals surface area (Å²) < 4.78 is 0. The van der Waals surface area contributed by atoms with Crippen LogP contribution < -0.4 is 10.6 Å². The molecule has 0 heterocycles. The first-order chi connectivity index (χ1) is 10.0. The average Bonchev–Trinajstić information content (AvgIpc) is 2.48. The number of nitrogens with one attached hydrogen (secondary N) is 1. The number of rotatable bonds is 9. The topological polar surface area (TPSA) is 56.4 Å². The maximum atomic E-state index is 7.79. The minimum absolute atomic E-state index is 0.149. The Kier molecular flexibility index (Phi) is 7.23. The zero-order valence-electron chi connectivity index (χ0n) is 13.9. The number of hydrogen-bond donors (Lipinski definition) is 2. The molecule has 0 saturated heterocycles. The first kappa shape index (κ1) is 17.5. The van der Waals surface area contributed by atoms with Crippen molar-refractivity contribution in [2.24, 2.45) is 5.73 Å². The molecule has 0 unspecified atom stereocenters. The van der Waals surface area contributed by atoms with Crippen molar-refractivity contribution in [1.29, 1.82) is 5.41 Å². The molecule has 0 amide bonds. The van der Waals surface area contributed by atoms with Crippen LogP contribution >= 0.6 is 0 Å². The Morgan fingerprint density at radius 2 is 1.76 bits per heavy atom. The van der Waals surface area contributed by atoms with Crippen LogP contribution in [0, 0.1) is 12.3 Å². The summed E-state index contributed by atoms with van der Waals surface area (Å²) in [7, 11) is 0. The van der Waals surface area contributed by atoms with Crippen LogP contribution in [0.4, 0.5) is 5.69 Å². The van der Waals surface area contributed by atoms with Gasteiger partial charge in [-0.25, -0.2) is 0 Å². The number of nitrogen functional groups attached to an aromatic ring is 1. The standard InChI is InChI=1S/C17H30N4/c1-5-20(6-2)12-9-13-21(7-3)16-14(4)10-8-11-15(16)17(18)19/h8,10-11H,5-7,9,12-13H2,1-4H3,(H3,18,19). The monoisotopic (exact) mass is 290 g/mol. The second-order valence-corrected chi connectivity index (χ2v) is 5.34. The molecule has 118 valence electrons. The number of nitrogens with zero attached hydrogens (tertiary/aromatic N) is 2. The van der Waals surface area contributed by atoms with Crippen molar-refractivity contribution in [3.05, 3.63) is 29.3 Å². The summed E-state index contributed by atoms with van der Waals surface area (Å²) in [5.74, 6) is 0.149. The molecule has 1 rings (SSSR count). The predicted molar refractivity (Wildman–Crippen MR) is 92.5 cm³/mol. The van der Waals surface area contributed by atoms with Gasteiger partial charge in [-0.3, -0.25) is 5.41 Å². The molecule has 1 aromatic carbocycles. The molecule has 1 aromatic rings. The van der Waals surface area contributed by atoms with E-state index in [-0.39, 0.29) is 5.84 Å². The summed E-state index contributed by atoms with van der Waals surface area (Å²) in [5.41, 5.74) is 8.90. The van der Waals surface area contributed by atoms with E-state index in [1.807, 2.05) is 12.1 Å². The Bertz CT molecular complexity index is 452. The maximum Gasteiger partial charge on any atom is 0.124 e. The molecular weight excluding hydrogens is 260 g/mol. The summed E-state index contributed by atoms with van der Waals surface area (Å²) in [4.78, 5) is 4.78. The van der Waals surface area contributed by atoms with E-state index in [4.69, 9.17) is 11.1 Å². The van der Waals surface area contributed by atoms with Crippen molar-refractivity contribution in [2.45, 2.75) is 34.1 Å². The highest BCUT2D eigenvalue weighted by Crippen LogP contribution is 2.25. The van der Waals surface area contributed by atoms with Crippen LogP contribution in [0.15, 0.2) is 18.2 Å². The van der Waals surface area contributed by atoms with E-state index in [1.54, 1.807) is 0 Å². The molecule has 0 saturated carbocycles. The molecular formula is C17H30N4. The fourth-order valence-electron chi connectivity index (χ4n) is 2.75. The molecule has 0 radical (unpaired) electrons. The predicted octanol–water partition coefficient (Wildman–Crippen LogP) is 2.84. The molecule has 0 fully saturated rings. The fourth-order valence-corrected chi connectivity index (χ4v) is 2.75. The van der Waals surface area contributed by atoms with Crippen LogP contribution in [0.5, 0.6) is 0 Å². The molecule has 4 nitrogen and oxygen atoms in total. The van der Waals surface area contributed by atoms with Crippen LogP contribution in [0.25, 0.3) is 0 Å². The summed E-state index contributed by atoms with van der Waals surface area (Å²) >= 11 is 0. The lowest BCUT2D eigenvalue weighted by Gasteiger charge is -2.28. The van der Waals surface area contributed by atoms with Crippen LogP contribution in [-0.2, 0) is 0 Å². The molecule has 0 atom stereocenters. The maximum absolute atomic E-state index is 7.79. The molecule has 0 aliphatic carbocycles. The lowest BCUT2D eigenvalue weighted by molar-refractivity contribution is 0.300. The molecule has 0 spiro atoms. The fraction of sp³-hybridized carbons (Fsp3) is 0.588. The van der Waals surface area contributed by atoms with E-state index in [2.05, 4.69) is 43.6 Å². The minimum atomic E-state index is 0.149. The molecule has 0 aliphatic rings. The van der Waals surface area contributed by atoms with Gasteiger partial charge < -0.3 is 15.5 Å². The van der Waals surface area contributed by atoms with Crippen LogP contribution in [0.2, 0.25) is 0 Å². The van der Waals surface area contributed by atoms with Gasteiger partial charge in [0.1, 0.15) is 5.84 Å². The lowest BCUT2D eigenvalue weighted by atomic mass is 10.1. The third-order valence-electron chi connectivity index (χ3n) is 4.02. The molecule has 3 N–H and O–H groups in total. The normalized spacial score (nSPS) is 10.9. The first-order valence-corrected chi connectivity index (χ1v) is 7.96. The van der Waals surface area contributed by atoms with Crippen molar-refractivity contribution in [1.82, 2.24) is 4.90 Å². The van der Waals surface area contributed by atoms with Gasteiger partial charge in [-0.05, 0) is 51.5 Å². The van der Waals surface area contributed by atoms with E-state index in [0.717, 1.165) is 50.4 Å². The highest BCUT2D eigenvalue weighted by Gasteiger charge is 2.14. The van der Waals surface area contributed by atoms with Crippen molar-refractivity contribution in [3.63, 3.8) is 0 Å². The molecule has 21 heavy (non-hydrogen) atoms.